The predicted octanol–water partition coefficient (Wildman–Crippen LogP) is 4.94. The highest BCUT2D eigenvalue weighted by molar-refractivity contribution is 9.10. The van der Waals surface area contributed by atoms with Gasteiger partial charge in [0.2, 0.25) is 0 Å². The first-order valence-electron chi connectivity index (χ1n) is 8.67. The van der Waals surface area contributed by atoms with Crippen LogP contribution < -0.4 is 15.6 Å². The molecule has 4 nitrogen and oxygen atoms in total. The summed E-state index contributed by atoms with van der Waals surface area (Å²) in [5.41, 5.74) is 4.07. The second-order valence-corrected chi connectivity index (χ2v) is 8.12. The Morgan fingerprint density at radius 1 is 1.22 bits per heavy atom. The molecule has 0 amide bonds. The number of hydrogen-bond acceptors (Lipinski definition) is 4. The van der Waals surface area contributed by atoms with Crippen LogP contribution in [0.5, 0.6) is 5.75 Å². The van der Waals surface area contributed by atoms with Crippen molar-refractivity contribution in [3.05, 3.63) is 62.2 Å². The Morgan fingerprint density at radius 3 is 2.70 bits per heavy atom. The highest BCUT2D eigenvalue weighted by Gasteiger charge is 2.18. The zero-order valence-corrected chi connectivity index (χ0v) is 17.5. The number of likely N-dealkylation sites (N-methyl/N-ethyl adjacent to an activating group) is 1. The Kier molecular flexibility index (Phi) is 5.04. The van der Waals surface area contributed by atoms with Gasteiger partial charge in [-0.2, -0.15) is 0 Å². The molecule has 2 aromatic carbocycles. The summed E-state index contributed by atoms with van der Waals surface area (Å²) in [6.07, 6.45) is 0.983. The maximum Gasteiger partial charge on any atom is 0.266 e. The molecule has 2 N–H and O–H groups in total. The maximum atomic E-state index is 12.5. The zero-order valence-electron chi connectivity index (χ0n) is 15.1. The maximum absolute atomic E-state index is 12.5. The fraction of sp³-hybridized carbons (Fsp3) is 0.190. The van der Waals surface area contributed by atoms with Gasteiger partial charge in [-0.05, 0) is 64.6 Å². The van der Waals surface area contributed by atoms with E-state index in [-0.39, 0.29) is 5.56 Å². The molecule has 0 saturated heterocycles. The monoisotopic (exact) mass is 442 g/mol. The van der Waals surface area contributed by atoms with E-state index in [9.17, 15) is 4.79 Å². The van der Waals surface area contributed by atoms with Gasteiger partial charge in [0, 0.05) is 20.8 Å². The van der Waals surface area contributed by atoms with E-state index in [0.29, 0.717) is 0 Å². The fourth-order valence-corrected chi connectivity index (χ4v) is 4.73. The second kappa shape index (κ2) is 7.46. The SMILES string of the molecule is CNCCc1ccc(-c2c(OC)cc(Br)c3[nH]c(=O)c4sccc4c23)cc1. The zero-order chi connectivity index (χ0) is 19.0. The molecule has 0 aliphatic carbocycles. The predicted molar refractivity (Wildman–Crippen MR) is 117 cm³/mol. The molecule has 0 fully saturated rings. The molecule has 0 unspecified atom stereocenters. The second-order valence-electron chi connectivity index (χ2n) is 6.35. The third kappa shape index (κ3) is 3.18. The number of H-pyrrole nitrogens is 1. The lowest BCUT2D eigenvalue weighted by atomic mass is 9.96. The number of aromatic nitrogens is 1. The van der Waals surface area contributed by atoms with Crippen molar-refractivity contribution in [2.75, 3.05) is 20.7 Å². The molecule has 0 saturated carbocycles. The molecule has 0 radical (unpaired) electrons. The molecule has 6 heteroatoms. The molecule has 4 rings (SSSR count). The van der Waals surface area contributed by atoms with E-state index in [0.717, 1.165) is 55.3 Å². The van der Waals surface area contributed by atoms with Crippen molar-refractivity contribution in [2.45, 2.75) is 6.42 Å². The minimum absolute atomic E-state index is 0.0632. The third-order valence-corrected chi connectivity index (χ3v) is 6.29. The van der Waals surface area contributed by atoms with Crippen LogP contribution in [0.1, 0.15) is 5.56 Å². The van der Waals surface area contributed by atoms with Gasteiger partial charge in [0.1, 0.15) is 10.4 Å². The van der Waals surface area contributed by atoms with Gasteiger partial charge in [-0.15, -0.1) is 11.3 Å². The fourth-order valence-electron chi connectivity index (χ4n) is 3.43. The minimum atomic E-state index is -0.0632. The van der Waals surface area contributed by atoms with Crippen molar-refractivity contribution in [2.24, 2.45) is 0 Å². The summed E-state index contributed by atoms with van der Waals surface area (Å²) in [4.78, 5) is 15.5. The van der Waals surface area contributed by atoms with E-state index in [4.69, 9.17) is 4.74 Å². The highest BCUT2D eigenvalue weighted by Crippen LogP contribution is 2.43. The lowest BCUT2D eigenvalue weighted by Crippen LogP contribution is -2.10. The van der Waals surface area contributed by atoms with Crippen LogP contribution in [0.15, 0.2) is 51.0 Å². The Hall–Kier alpha value is -2.15. The average Bonchev–Trinajstić information content (AvgIpc) is 3.18. The molecule has 0 aliphatic heterocycles. The summed E-state index contributed by atoms with van der Waals surface area (Å²) in [5, 5.41) is 7.08. The molecule has 4 aromatic rings. The Labute approximate surface area is 169 Å². The van der Waals surface area contributed by atoms with Crippen LogP contribution in [-0.2, 0) is 6.42 Å². The largest absolute Gasteiger partial charge is 0.496 e. The average molecular weight is 443 g/mol. The summed E-state index contributed by atoms with van der Waals surface area (Å²) >= 11 is 5.05. The van der Waals surface area contributed by atoms with Gasteiger partial charge >= 0.3 is 0 Å². The van der Waals surface area contributed by atoms with Crippen LogP contribution in [-0.4, -0.2) is 25.7 Å². The summed E-state index contributed by atoms with van der Waals surface area (Å²) in [6, 6.07) is 12.5. The molecular formula is C21H19BrN2O2S. The number of pyridine rings is 1. The van der Waals surface area contributed by atoms with Gasteiger partial charge in [-0.25, -0.2) is 0 Å². The topological polar surface area (TPSA) is 54.1 Å². The van der Waals surface area contributed by atoms with E-state index in [1.54, 1.807) is 7.11 Å². The van der Waals surface area contributed by atoms with E-state index in [1.165, 1.54) is 16.9 Å². The molecular weight excluding hydrogens is 424 g/mol. The molecule has 0 spiro atoms. The summed E-state index contributed by atoms with van der Waals surface area (Å²) in [5.74, 6) is 0.775. The van der Waals surface area contributed by atoms with Crippen LogP contribution in [0.2, 0.25) is 0 Å². The summed E-state index contributed by atoms with van der Waals surface area (Å²) < 4.78 is 7.26. The number of methoxy groups -OCH3 is 1. The number of thiophene rings is 1. The van der Waals surface area contributed by atoms with Crippen molar-refractivity contribution >= 4 is 48.3 Å². The molecule has 2 heterocycles. The van der Waals surface area contributed by atoms with Crippen molar-refractivity contribution in [3.63, 3.8) is 0 Å². The lowest BCUT2D eigenvalue weighted by Gasteiger charge is -2.15. The number of fused-ring (bicyclic) bond motifs is 3. The molecule has 27 heavy (non-hydrogen) atoms. The minimum Gasteiger partial charge on any atom is -0.496 e. The number of aromatic amines is 1. The number of benzene rings is 2. The smallest absolute Gasteiger partial charge is 0.266 e. The van der Waals surface area contributed by atoms with Gasteiger partial charge in [0.15, 0.2) is 0 Å². The molecule has 138 valence electrons. The van der Waals surface area contributed by atoms with Gasteiger partial charge in [0.05, 0.1) is 12.6 Å². The number of ether oxygens (including phenoxy) is 1. The normalized spacial score (nSPS) is 11.4. The first-order valence-corrected chi connectivity index (χ1v) is 10.3. The molecule has 0 atom stereocenters. The summed E-state index contributed by atoms with van der Waals surface area (Å²) in [6.45, 7) is 0.945. The molecule has 0 aliphatic rings. The van der Waals surface area contributed by atoms with Crippen LogP contribution in [0.25, 0.3) is 32.1 Å². The first kappa shape index (κ1) is 18.2. The standard InChI is InChI=1S/C21H19BrN2O2S/c1-23-9-7-12-3-5-13(6-4-12)17-16(26-2)11-15(22)19-18(17)14-8-10-27-20(14)21(25)24-19/h3-6,8,10-11,23H,7,9H2,1-2H3,(H,24,25). The lowest BCUT2D eigenvalue weighted by molar-refractivity contribution is 0.416. The third-order valence-electron chi connectivity index (χ3n) is 4.75. The van der Waals surface area contributed by atoms with Gasteiger partial charge in [-0.3, -0.25) is 4.79 Å². The number of halogens is 1. The summed E-state index contributed by atoms with van der Waals surface area (Å²) in [7, 11) is 3.63. The van der Waals surface area contributed by atoms with Crippen LogP contribution in [0.3, 0.4) is 0 Å². The van der Waals surface area contributed by atoms with Crippen LogP contribution >= 0.6 is 27.3 Å². The van der Waals surface area contributed by atoms with E-state index >= 15 is 0 Å². The van der Waals surface area contributed by atoms with E-state index in [1.807, 2.05) is 24.6 Å². The van der Waals surface area contributed by atoms with Crippen LogP contribution in [0, 0.1) is 0 Å². The number of nitrogens with one attached hydrogen (secondary N) is 2. The molecule has 0 bridgehead atoms. The van der Waals surface area contributed by atoms with E-state index in [2.05, 4.69) is 50.5 Å². The Balaban J connectivity index is 2.02. The van der Waals surface area contributed by atoms with Gasteiger partial charge in [0.25, 0.3) is 5.56 Å². The van der Waals surface area contributed by atoms with E-state index < -0.39 is 0 Å². The van der Waals surface area contributed by atoms with Gasteiger partial charge < -0.3 is 15.0 Å². The first-order chi connectivity index (χ1) is 13.1. The van der Waals surface area contributed by atoms with Crippen molar-refractivity contribution < 1.29 is 4.74 Å². The quantitative estimate of drug-likeness (QED) is 0.459. The Morgan fingerprint density at radius 2 is 2.00 bits per heavy atom. The highest BCUT2D eigenvalue weighted by atomic mass is 79.9. The van der Waals surface area contributed by atoms with Crippen molar-refractivity contribution in [1.29, 1.82) is 0 Å². The molecule has 2 aromatic heterocycles. The van der Waals surface area contributed by atoms with Crippen molar-refractivity contribution in [3.8, 4) is 16.9 Å². The van der Waals surface area contributed by atoms with Gasteiger partial charge in [-0.1, -0.05) is 24.3 Å². The van der Waals surface area contributed by atoms with Crippen molar-refractivity contribution in [1.82, 2.24) is 10.3 Å². The Bertz CT molecular complexity index is 1180. The number of hydrogen-bond donors (Lipinski definition) is 2. The van der Waals surface area contributed by atoms with Crippen LogP contribution in [0.4, 0.5) is 0 Å². The number of rotatable bonds is 5.